The van der Waals surface area contributed by atoms with Crippen LogP contribution in [0.15, 0.2) is 0 Å². The van der Waals surface area contributed by atoms with Crippen molar-refractivity contribution >= 4 is 0 Å². The summed E-state index contributed by atoms with van der Waals surface area (Å²) in [4.78, 5) is 0. The first-order chi connectivity index (χ1) is 6.43. The molecule has 0 spiro atoms. The summed E-state index contributed by atoms with van der Waals surface area (Å²) in [7, 11) is 1.81. The zero-order chi connectivity index (χ0) is 10.8. The molecule has 0 bridgehead atoms. The van der Waals surface area contributed by atoms with Gasteiger partial charge in [0.25, 0.3) is 0 Å². The van der Waals surface area contributed by atoms with Crippen molar-refractivity contribution < 1.29 is 4.74 Å². The molecule has 0 aromatic heterocycles. The molecule has 14 heavy (non-hydrogen) atoms. The Bertz CT molecular complexity index is 191. The van der Waals surface area contributed by atoms with E-state index in [1.54, 1.807) is 0 Å². The van der Waals surface area contributed by atoms with Crippen LogP contribution >= 0.6 is 0 Å². The van der Waals surface area contributed by atoms with Crippen LogP contribution in [0.3, 0.4) is 0 Å². The van der Waals surface area contributed by atoms with Crippen molar-refractivity contribution in [1.82, 2.24) is 5.32 Å². The maximum absolute atomic E-state index is 5.49. The minimum atomic E-state index is 0.0374. The molecule has 0 radical (unpaired) electrons. The van der Waals surface area contributed by atoms with Gasteiger partial charge >= 0.3 is 0 Å². The monoisotopic (exact) mass is 199 g/mol. The summed E-state index contributed by atoms with van der Waals surface area (Å²) in [5, 5.41) is 3.43. The van der Waals surface area contributed by atoms with E-state index in [0.717, 1.165) is 12.5 Å². The van der Waals surface area contributed by atoms with Gasteiger partial charge in [0.2, 0.25) is 0 Å². The molecule has 1 aliphatic carbocycles. The number of methoxy groups -OCH3 is 1. The van der Waals surface area contributed by atoms with E-state index >= 15 is 0 Å². The summed E-state index contributed by atoms with van der Waals surface area (Å²) in [5.41, 5.74) is 0.553. The third-order valence-corrected chi connectivity index (χ3v) is 3.56. The predicted molar refractivity (Wildman–Crippen MR) is 60.5 cm³/mol. The van der Waals surface area contributed by atoms with E-state index in [2.05, 4.69) is 33.0 Å². The van der Waals surface area contributed by atoms with Crippen molar-refractivity contribution in [3.63, 3.8) is 0 Å². The highest BCUT2D eigenvalue weighted by Crippen LogP contribution is 2.56. The standard InChI is InChI=1S/C12H25NO/c1-6-13-8-10-7-12(10,4)9-11(2,3)14-5/h10,13H,6-9H2,1-5H3. The van der Waals surface area contributed by atoms with Crippen molar-refractivity contribution in [3.8, 4) is 0 Å². The first kappa shape index (κ1) is 12.0. The van der Waals surface area contributed by atoms with E-state index in [1.165, 1.54) is 19.4 Å². The van der Waals surface area contributed by atoms with Gasteiger partial charge in [-0.05, 0) is 51.1 Å². The van der Waals surface area contributed by atoms with Crippen molar-refractivity contribution in [1.29, 1.82) is 0 Å². The van der Waals surface area contributed by atoms with Crippen molar-refractivity contribution in [2.24, 2.45) is 11.3 Å². The summed E-state index contributed by atoms with van der Waals surface area (Å²) in [6.07, 6.45) is 2.53. The number of rotatable bonds is 6. The molecule has 1 rings (SSSR count). The van der Waals surface area contributed by atoms with Gasteiger partial charge in [-0.1, -0.05) is 13.8 Å². The van der Waals surface area contributed by atoms with E-state index in [0.29, 0.717) is 5.41 Å². The van der Waals surface area contributed by atoms with Crippen molar-refractivity contribution in [2.45, 2.75) is 46.1 Å². The number of nitrogens with one attached hydrogen (secondary N) is 1. The van der Waals surface area contributed by atoms with Gasteiger partial charge in [-0.2, -0.15) is 0 Å². The lowest BCUT2D eigenvalue weighted by atomic mass is 9.90. The largest absolute Gasteiger partial charge is 0.379 e. The molecule has 2 atom stereocenters. The number of ether oxygens (including phenoxy) is 1. The van der Waals surface area contributed by atoms with E-state index in [-0.39, 0.29) is 5.60 Å². The quantitative estimate of drug-likeness (QED) is 0.709. The fourth-order valence-electron chi connectivity index (χ4n) is 2.40. The van der Waals surface area contributed by atoms with Crippen LogP contribution in [-0.4, -0.2) is 25.8 Å². The molecular formula is C12H25NO. The highest BCUT2D eigenvalue weighted by molar-refractivity contribution is 5.02. The summed E-state index contributed by atoms with van der Waals surface area (Å²) in [6.45, 7) is 11.2. The van der Waals surface area contributed by atoms with Crippen LogP contribution in [0.5, 0.6) is 0 Å². The van der Waals surface area contributed by atoms with Gasteiger partial charge in [0.1, 0.15) is 0 Å². The molecule has 2 heteroatoms. The Morgan fingerprint density at radius 3 is 2.64 bits per heavy atom. The molecule has 0 heterocycles. The van der Waals surface area contributed by atoms with Crippen LogP contribution in [0.2, 0.25) is 0 Å². The van der Waals surface area contributed by atoms with Gasteiger partial charge in [-0.15, -0.1) is 0 Å². The van der Waals surface area contributed by atoms with E-state index in [9.17, 15) is 0 Å². The van der Waals surface area contributed by atoms with Crippen LogP contribution in [0.1, 0.15) is 40.5 Å². The van der Waals surface area contributed by atoms with Crippen LogP contribution in [0.4, 0.5) is 0 Å². The molecule has 1 aliphatic rings. The minimum Gasteiger partial charge on any atom is -0.379 e. The summed E-state index contributed by atoms with van der Waals surface area (Å²) >= 11 is 0. The van der Waals surface area contributed by atoms with E-state index in [4.69, 9.17) is 4.74 Å². The second-order valence-corrected chi connectivity index (χ2v) is 5.50. The van der Waals surface area contributed by atoms with Gasteiger partial charge in [-0.25, -0.2) is 0 Å². The lowest BCUT2D eigenvalue weighted by Crippen LogP contribution is -2.28. The zero-order valence-electron chi connectivity index (χ0n) is 10.3. The van der Waals surface area contributed by atoms with Gasteiger partial charge in [0.15, 0.2) is 0 Å². The topological polar surface area (TPSA) is 21.3 Å². The summed E-state index contributed by atoms with van der Waals surface area (Å²) < 4.78 is 5.49. The average molecular weight is 199 g/mol. The molecule has 1 saturated carbocycles. The molecular weight excluding hydrogens is 174 g/mol. The van der Waals surface area contributed by atoms with Crippen LogP contribution < -0.4 is 5.32 Å². The maximum atomic E-state index is 5.49. The van der Waals surface area contributed by atoms with E-state index in [1.807, 2.05) is 7.11 Å². The lowest BCUT2D eigenvalue weighted by Gasteiger charge is -2.27. The second kappa shape index (κ2) is 4.19. The minimum absolute atomic E-state index is 0.0374. The number of hydrogen-bond donors (Lipinski definition) is 1. The fraction of sp³-hybridized carbons (Fsp3) is 1.00. The van der Waals surface area contributed by atoms with Crippen LogP contribution in [0.25, 0.3) is 0 Å². The lowest BCUT2D eigenvalue weighted by molar-refractivity contribution is -0.00168. The molecule has 84 valence electrons. The van der Waals surface area contributed by atoms with Gasteiger partial charge in [0.05, 0.1) is 5.60 Å². The zero-order valence-corrected chi connectivity index (χ0v) is 10.3. The molecule has 2 unspecified atom stereocenters. The first-order valence-electron chi connectivity index (χ1n) is 5.69. The Morgan fingerprint density at radius 1 is 1.50 bits per heavy atom. The molecule has 0 aromatic carbocycles. The molecule has 2 nitrogen and oxygen atoms in total. The predicted octanol–water partition coefficient (Wildman–Crippen LogP) is 2.44. The highest BCUT2D eigenvalue weighted by Gasteiger charge is 2.51. The normalized spacial score (nSPS) is 31.9. The highest BCUT2D eigenvalue weighted by atomic mass is 16.5. The molecule has 0 aliphatic heterocycles. The Hall–Kier alpha value is -0.0800. The Labute approximate surface area is 88.4 Å². The van der Waals surface area contributed by atoms with Crippen molar-refractivity contribution in [3.05, 3.63) is 0 Å². The third kappa shape index (κ3) is 2.96. The smallest absolute Gasteiger partial charge is 0.0628 e. The number of hydrogen-bond acceptors (Lipinski definition) is 2. The Balaban J connectivity index is 2.33. The maximum Gasteiger partial charge on any atom is 0.0628 e. The fourth-order valence-corrected chi connectivity index (χ4v) is 2.40. The molecule has 1 fully saturated rings. The average Bonchev–Trinajstić information content (AvgIpc) is 2.72. The molecule has 1 N–H and O–H groups in total. The second-order valence-electron chi connectivity index (χ2n) is 5.50. The summed E-state index contributed by atoms with van der Waals surface area (Å²) in [5.74, 6) is 0.858. The molecule has 0 saturated heterocycles. The van der Waals surface area contributed by atoms with Crippen LogP contribution in [0, 0.1) is 11.3 Å². The third-order valence-electron chi connectivity index (χ3n) is 3.56. The summed E-state index contributed by atoms with van der Waals surface area (Å²) in [6, 6.07) is 0. The molecule has 0 aromatic rings. The first-order valence-corrected chi connectivity index (χ1v) is 5.69. The molecule has 0 amide bonds. The van der Waals surface area contributed by atoms with Crippen LogP contribution in [-0.2, 0) is 4.74 Å². The van der Waals surface area contributed by atoms with Gasteiger partial charge < -0.3 is 10.1 Å². The van der Waals surface area contributed by atoms with E-state index < -0.39 is 0 Å². The SMILES string of the molecule is CCNCC1CC1(C)CC(C)(C)OC. The van der Waals surface area contributed by atoms with Gasteiger partial charge in [0, 0.05) is 7.11 Å². The Morgan fingerprint density at radius 2 is 2.14 bits per heavy atom. The van der Waals surface area contributed by atoms with Gasteiger partial charge in [-0.3, -0.25) is 0 Å². The van der Waals surface area contributed by atoms with Crippen molar-refractivity contribution in [2.75, 3.05) is 20.2 Å². The Kier molecular flexibility index (Phi) is 3.59.